The lowest BCUT2D eigenvalue weighted by Crippen LogP contribution is -2.39. The molecule has 3 heterocycles. The van der Waals surface area contributed by atoms with Crippen LogP contribution >= 0.6 is 34.5 Å². The lowest BCUT2D eigenvalue weighted by Gasteiger charge is -2.24. The first-order chi connectivity index (χ1) is 18.7. The molecule has 39 heavy (non-hydrogen) atoms. The Kier molecular flexibility index (Phi) is 7.26. The molecule has 0 unspecified atom stereocenters. The average molecular weight is 584 g/mol. The maximum Gasteiger partial charge on any atom is 0.338 e. The van der Waals surface area contributed by atoms with Crippen molar-refractivity contribution in [3.05, 3.63) is 117 Å². The number of fused-ring (bicyclic) bond motifs is 1. The highest BCUT2D eigenvalue weighted by atomic mass is 35.5. The van der Waals surface area contributed by atoms with Gasteiger partial charge >= 0.3 is 5.97 Å². The van der Waals surface area contributed by atoms with E-state index in [1.165, 1.54) is 16.7 Å². The van der Waals surface area contributed by atoms with Gasteiger partial charge in [0.2, 0.25) is 0 Å². The van der Waals surface area contributed by atoms with Gasteiger partial charge in [0, 0.05) is 22.7 Å². The van der Waals surface area contributed by atoms with Crippen molar-refractivity contribution in [2.45, 2.75) is 19.9 Å². The quantitative estimate of drug-likeness (QED) is 0.173. The van der Waals surface area contributed by atoms with E-state index in [2.05, 4.69) is 4.99 Å². The third-order valence-electron chi connectivity index (χ3n) is 6.03. The first-order valence-corrected chi connectivity index (χ1v) is 13.2. The Labute approximate surface area is 235 Å². The summed E-state index contributed by atoms with van der Waals surface area (Å²) in [5, 5.41) is 11.8. The molecule has 1 aliphatic rings. The number of ether oxygens (including phenoxy) is 1. The van der Waals surface area contributed by atoms with E-state index in [0.717, 1.165) is 11.3 Å². The van der Waals surface area contributed by atoms with Gasteiger partial charge in [0.1, 0.15) is 16.5 Å². The number of benzene rings is 2. The van der Waals surface area contributed by atoms with Crippen LogP contribution in [-0.4, -0.2) is 22.1 Å². The fourth-order valence-corrected chi connectivity index (χ4v) is 5.61. The normalized spacial score (nSPS) is 15.2. The van der Waals surface area contributed by atoms with Crippen molar-refractivity contribution in [3.8, 4) is 11.3 Å². The van der Waals surface area contributed by atoms with Gasteiger partial charge in [-0.3, -0.25) is 19.5 Å². The van der Waals surface area contributed by atoms with E-state index in [9.17, 15) is 19.7 Å². The standard InChI is InChI=1S/C27H19Cl2N3O6S/c1-3-37-26(34)23-14(2)30-27-31(24(23)15-4-7-17(28)8-5-15)25(33)22(39-27)13-18-9-11-21(38-18)16-6-10-19(29)20(12-16)32(35)36/h4-13,24H,3H2,1-2H3/b22-13-/t24-/m1/s1. The molecule has 0 radical (unpaired) electrons. The molecule has 198 valence electrons. The summed E-state index contributed by atoms with van der Waals surface area (Å²) in [6.45, 7) is 3.58. The van der Waals surface area contributed by atoms with E-state index in [4.69, 9.17) is 32.4 Å². The predicted molar refractivity (Wildman–Crippen MR) is 148 cm³/mol. The zero-order valence-electron chi connectivity index (χ0n) is 20.5. The third kappa shape index (κ3) is 5.06. The topological polar surface area (TPSA) is 117 Å². The molecule has 0 fully saturated rings. The average Bonchev–Trinajstić information content (AvgIpc) is 3.48. The number of nitro benzene ring substituents is 1. The highest BCUT2D eigenvalue weighted by molar-refractivity contribution is 7.07. The SMILES string of the molecule is CCOC(=O)C1=C(C)N=c2s/c(=C\c3ccc(-c4ccc(Cl)c([N+](=O)[O-])c4)o3)c(=O)n2[C@@H]1c1ccc(Cl)cc1. The fraction of sp³-hybridized carbons (Fsp3) is 0.148. The van der Waals surface area contributed by atoms with Crippen molar-refractivity contribution in [1.82, 2.24) is 4.57 Å². The minimum atomic E-state index is -0.763. The second-order valence-electron chi connectivity index (χ2n) is 8.48. The lowest BCUT2D eigenvalue weighted by molar-refractivity contribution is -0.384. The van der Waals surface area contributed by atoms with E-state index in [0.29, 0.717) is 42.7 Å². The molecule has 0 saturated heterocycles. The van der Waals surface area contributed by atoms with Crippen LogP contribution in [0.4, 0.5) is 5.69 Å². The maximum absolute atomic E-state index is 13.7. The van der Waals surface area contributed by atoms with E-state index in [1.807, 2.05) is 0 Å². The van der Waals surface area contributed by atoms with Crippen LogP contribution in [0.15, 0.2) is 80.1 Å². The Balaban J connectivity index is 1.61. The minimum absolute atomic E-state index is 0.0179. The molecule has 1 atom stereocenters. The molecule has 0 amide bonds. The van der Waals surface area contributed by atoms with Crippen molar-refractivity contribution < 1.29 is 18.9 Å². The van der Waals surface area contributed by atoms with Crippen molar-refractivity contribution in [3.63, 3.8) is 0 Å². The van der Waals surface area contributed by atoms with Crippen molar-refractivity contribution >= 4 is 52.3 Å². The van der Waals surface area contributed by atoms with Gasteiger partial charge in [-0.25, -0.2) is 9.79 Å². The molecule has 0 spiro atoms. The Morgan fingerprint density at radius 1 is 1.21 bits per heavy atom. The van der Waals surface area contributed by atoms with Gasteiger partial charge in [-0.1, -0.05) is 46.7 Å². The summed E-state index contributed by atoms with van der Waals surface area (Å²) in [5.74, 6) is 0.172. The Morgan fingerprint density at radius 2 is 1.95 bits per heavy atom. The Bertz CT molecular complexity index is 1840. The summed E-state index contributed by atoms with van der Waals surface area (Å²) in [6, 6.07) is 13.8. The largest absolute Gasteiger partial charge is 0.463 e. The maximum atomic E-state index is 13.7. The smallest absolute Gasteiger partial charge is 0.338 e. The Hall–Kier alpha value is -3.99. The molecular formula is C27H19Cl2N3O6S. The van der Waals surface area contributed by atoms with E-state index in [1.54, 1.807) is 62.4 Å². The summed E-state index contributed by atoms with van der Waals surface area (Å²) in [5.41, 5.74) is 1.25. The minimum Gasteiger partial charge on any atom is -0.463 e. The number of hydrogen-bond donors (Lipinski definition) is 0. The number of rotatable bonds is 6. The number of nitrogens with zero attached hydrogens (tertiary/aromatic N) is 3. The predicted octanol–water partition coefficient (Wildman–Crippen LogP) is 5.27. The number of carbonyl (C=O) groups excluding carboxylic acids is 1. The van der Waals surface area contributed by atoms with Gasteiger partial charge in [0.25, 0.3) is 11.2 Å². The highest BCUT2D eigenvalue weighted by Gasteiger charge is 2.33. The lowest BCUT2D eigenvalue weighted by atomic mass is 9.96. The summed E-state index contributed by atoms with van der Waals surface area (Å²) in [4.78, 5) is 42.3. The van der Waals surface area contributed by atoms with Gasteiger partial charge in [-0.15, -0.1) is 0 Å². The van der Waals surface area contributed by atoms with Gasteiger partial charge in [-0.2, -0.15) is 0 Å². The van der Waals surface area contributed by atoms with E-state index >= 15 is 0 Å². The summed E-state index contributed by atoms with van der Waals surface area (Å²) in [6.07, 6.45) is 1.57. The highest BCUT2D eigenvalue weighted by Crippen LogP contribution is 2.32. The van der Waals surface area contributed by atoms with Crippen LogP contribution in [0.25, 0.3) is 17.4 Å². The van der Waals surface area contributed by atoms with Crippen molar-refractivity contribution in [2.75, 3.05) is 6.61 Å². The van der Waals surface area contributed by atoms with Gasteiger partial charge in [0.05, 0.1) is 33.4 Å². The number of allylic oxidation sites excluding steroid dienone is 1. The van der Waals surface area contributed by atoms with Crippen molar-refractivity contribution in [2.24, 2.45) is 4.99 Å². The van der Waals surface area contributed by atoms with Crippen LogP contribution in [0.3, 0.4) is 0 Å². The molecular weight excluding hydrogens is 565 g/mol. The molecule has 5 rings (SSSR count). The number of carbonyl (C=O) groups is 1. The first kappa shape index (κ1) is 26.6. The molecule has 2 aromatic heterocycles. The molecule has 0 aliphatic carbocycles. The van der Waals surface area contributed by atoms with E-state index in [-0.39, 0.29) is 28.4 Å². The second kappa shape index (κ2) is 10.6. The van der Waals surface area contributed by atoms with Gasteiger partial charge in [-0.05, 0) is 55.8 Å². The number of halogens is 2. The number of furan rings is 1. The summed E-state index contributed by atoms with van der Waals surface area (Å²) in [7, 11) is 0. The molecule has 0 N–H and O–H groups in total. The van der Waals surface area contributed by atoms with Crippen LogP contribution in [0.5, 0.6) is 0 Å². The van der Waals surface area contributed by atoms with Crippen molar-refractivity contribution in [1.29, 1.82) is 0 Å². The number of esters is 1. The Morgan fingerprint density at radius 3 is 2.64 bits per heavy atom. The first-order valence-electron chi connectivity index (χ1n) is 11.7. The van der Waals surface area contributed by atoms with Gasteiger partial charge < -0.3 is 9.15 Å². The molecule has 12 heteroatoms. The molecule has 4 aromatic rings. The molecule has 0 bridgehead atoms. The number of hydrogen-bond acceptors (Lipinski definition) is 8. The molecule has 0 saturated carbocycles. The molecule has 9 nitrogen and oxygen atoms in total. The summed E-state index contributed by atoms with van der Waals surface area (Å²) >= 11 is 13.2. The fourth-order valence-electron chi connectivity index (χ4n) is 4.27. The second-order valence-corrected chi connectivity index (χ2v) is 10.3. The van der Waals surface area contributed by atoms with Crippen LogP contribution in [0.2, 0.25) is 10.0 Å². The zero-order valence-corrected chi connectivity index (χ0v) is 22.8. The number of aromatic nitrogens is 1. The zero-order chi connectivity index (χ0) is 27.8. The number of thiazole rings is 1. The third-order valence-corrected chi connectivity index (χ3v) is 7.58. The molecule has 1 aliphatic heterocycles. The van der Waals surface area contributed by atoms with Crippen LogP contribution in [0.1, 0.15) is 31.2 Å². The molecule has 2 aromatic carbocycles. The van der Waals surface area contributed by atoms with Crippen LogP contribution in [-0.2, 0) is 9.53 Å². The van der Waals surface area contributed by atoms with Gasteiger partial charge in [0.15, 0.2) is 4.80 Å². The monoisotopic (exact) mass is 583 g/mol. The van der Waals surface area contributed by atoms with E-state index < -0.39 is 16.9 Å². The van der Waals surface area contributed by atoms with Crippen LogP contribution in [0, 0.1) is 10.1 Å². The van der Waals surface area contributed by atoms with Crippen LogP contribution < -0.4 is 14.9 Å². The number of nitro groups is 1. The summed E-state index contributed by atoms with van der Waals surface area (Å²) < 4.78 is 13.0.